The molecule has 0 fully saturated rings. The third kappa shape index (κ3) is 6.92. The molecule has 1 aromatic carbocycles. The van der Waals surface area contributed by atoms with E-state index in [1.54, 1.807) is 0 Å². The maximum Gasteiger partial charge on any atom is 0.166 e. The first-order valence-electron chi connectivity index (χ1n) is 10.4. The lowest BCUT2D eigenvalue weighted by molar-refractivity contribution is 0.777. The maximum absolute atomic E-state index is 5.33. The molecule has 1 aromatic rings. The van der Waals surface area contributed by atoms with E-state index >= 15 is 0 Å². The van der Waals surface area contributed by atoms with Gasteiger partial charge in [0.1, 0.15) is 0 Å². The molecular formula is C21H36N6S3. The Bertz CT molecular complexity index is 643. The minimum Gasteiger partial charge on any atom is -0.366 e. The third-order valence-electron chi connectivity index (χ3n) is 5.20. The Hall–Kier alpha value is -1.71. The maximum atomic E-state index is 5.33. The van der Waals surface area contributed by atoms with Crippen molar-refractivity contribution in [3.63, 3.8) is 0 Å². The van der Waals surface area contributed by atoms with E-state index < -0.39 is 0 Å². The van der Waals surface area contributed by atoms with Gasteiger partial charge in [0.25, 0.3) is 0 Å². The lowest BCUT2D eigenvalue weighted by Crippen LogP contribution is -2.35. The summed E-state index contributed by atoms with van der Waals surface area (Å²) in [6.07, 6.45) is 2.82. The van der Waals surface area contributed by atoms with Gasteiger partial charge in [-0.25, -0.2) is 0 Å². The lowest BCUT2D eigenvalue weighted by atomic mass is 9.83. The average Bonchev–Trinajstić information content (AvgIpc) is 2.77. The second kappa shape index (κ2) is 13.6. The van der Waals surface area contributed by atoms with E-state index in [9.17, 15) is 0 Å². The number of benzene rings is 1. The van der Waals surface area contributed by atoms with Crippen LogP contribution in [0, 0.1) is 0 Å². The molecule has 9 heteroatoms. The van der Waals surface area contributed by atoms with Crippen molar-refractivity contribution in [2.45, 2.75) is 59.7 Å². The molecule has 30 heavy (non-hydrogen) atoms. The van der Waals surface area contributed by atoms with Crippen molar-refractivity contribution in [2.24, 2.45) is 0 Å². The summed E-state index contributed by atoms with van der Waals surface area (Å²) in [5.41, 5.74) is 8.03. The van der Waals surface area contributed by atoms with Crippen molar-refractivity contribution in [1.82, 2.24) is 31.9 Å². The average molecular weight is 469 g/mol. The molecule has 0 radical (unpaired) electrons. The first-order chi connectivity index (χ1) is 14.4. The zero-order chi connectivity index (χ0) is 22.7. The summed E-state index contributed by atoms with van der Waals surface area (Å²) in [4.78, 5) is 0. The third-order valence-corrected chi connectivity index (χ3v) is 6.25. The molecular weight excluding hydrogens is 432 g/mol. The van der Waals surface area contributed by atoms with Crippen molar-refractivity contribution < 1.29 is 0 Å². The molecule has 168 valence electrons. The lowest BCUT2D eigenvalue weighted by Gasteiger charge is -2.27. The van der Waals surface area contributed by atoms with Gasteiger partial charge >= 0.3 is 0 Å². The van der Waals surface area contributed by atoms with Gasteiger partial charge in [-0.1, -0.05) is 20.8 Å². The minimum absolute atomic E-state index is 0.644. The number of thiocarbonyl (C=S) groups is 3. The Balaban J connectivity index is 3.62. The van der Waals surface area contributed by atoms with Crippen molar-refractivity contribution in [2.75, 3.05) is 21.1 Å². The fourth-order valence-electron chi connectivity index (χ4n) is 3.78. The number of nitrogens with one attached hydrogen (secondary N) is 6. The Morgan fingerprint density at radius 1 is 0.500 bits per heavy atom. The second-order valence-electron chi connectivity index (χ2n) is 6.73. The van der Waals surface area contributed by atoms with Crippen LogP contribution in [0.5, 0.6) is 0 Å². The van der Waals surface area contributed by atoms with Gasteiger partial charge in [-0.3, -0.25) is 0 Å². The Labute approximate surface area is 197 Å². The van der Waals surface area contributed by atoms with Crippen LogP contribution in [-0.4, -0.2) is 36.5 Å². The van der Waals surface area contributed by atoms with Crippen LogP contribution in [0.25, 0.3) is 0 Å². The number of rotatable bonds is 9. The molecule has 0 amide bonds. The van der Waals surface area contributed by atoms with Crippen LogP contribution in [0.1, 0.15) is 54.2 Å². The van der Waals surface area contributed by atoms with Gasteiger partial charge in [-0.15, -0.1) is 0 Å². The van der Waals surface area contributed by atoms with E-state index in [-0.39, 0.29) is 0 Å². The Morgan fingerprint density at radius 2 is 0.733 bits per heavy atom. The molecule has 0 saturated heterocycles. The first-order valence-corrected chi connectivity index (χ1v) is 11.6. The Kier molecular flexibility index (Phi) is 11.9. The van der Waals surface area contributed by atoms with E-state index in [0.717, 1.165) is 19.3 Å². The highest BCUT2D eigenvalue weighted by Gasteiger charge is 2.21. The highest BCUT2D eigenvalue weighted by atomic mass is 32.1. The Morgan fingerprint density at radius 3 is 0.900 bits per heavy atom. The highest BCUT2D eigenvalue weighted by Crippen LogP contribution is 2.31. The summed E-state index contributed by atoms with van der Waals surface area (Å²) in [6, 6.07) is 0. The fourth-order valence-corrected chi connectivity index (χ4v) is 4.00. The van der Waals surface area contributed by atoms with Gasteiger partial charge in [-0.2, -0.15) is 0 Å². The summed E-state index contributed by atoms with van der Waals surface area (Å²) in [5, 5.41) is 21.0. The van der Waals surface area contributed by atoms with Crippen molar-refractivity contribution in [3.05, 3.63) is 33.4 Å². The molecule has 0 unspecified atom stereocenters. The van der Waals surface area contributed by atoms with Gasteiger partial charge in [-0.05, 0) is 89.3 Å². The van der Waals surface area contributed by atoms with Crippen LogP contribution in [0.4, 0.5) is 0 Å². The molecule has 0 aliphatic carbocycles. The summed E-state index contributed by atoms with van der Waals surface area (Å²) in [5.74, 6) is 0. The summed E-state index contributed by atoms with van der Waals surface area (Å²) < 4.78 is 0. The van der Waals surface area contributed by atoms with Crippen molar-refractivity contribution >= 4 is 52.0 Å². The normalized spacial score (nSPS) is 10.2. The highest BCUT2D eigenvalue weighted by molar-refractivity contribution is 7.80. The van der Waals surface area contributed by atoms with Gasteiger partial charge in [0.15, 0.2) is 15.3 Å². The molecule has 0 aliphatic rings. The van der Waals surface area contributed by atoms with Crippen LogP contribution in [0.3, 0.4) is 0 Å². The minimum atomic E-state index is 0.644. The second-order valence-corrected chi connectivity index (χ2v) is 7.95. The van der Waals surface area contributed by atoms with Crippen LogP contribution in [-0.2, 0) is 38.9 Å². The first kappa shape index (κ1) is 26.3. The molecule has 0 saturated carbocycles. The predicted octanol–water partition coefficient (Wildman–Crippen LogP) is 2.16. The van der Waals surface area contributed by atoms with E-state index in [1.807, 2.05) is 21.1 Å². The molecule has 0 heterocycles. The van der Waals surface area contributed by atoms with Gasteiger partial charge < -0.3 is 31.9 Å². The SMILES string of the molecule is CCc1c(CNC(=S)NC)c(CC)c(CNC(=S)NC)c(CC)c1CNC(=S)NC. The molecule has 0 bridgehead atoms. The summed E-state index contributed by atoms with van der Waals surface area (Å²) in [7, 11) is 5.50. The topological polar surface area (TPSA) is 72.2 Å². The monoisotopic (exact) mass is 468 g/mol. The standard InChI is InChI=1S/C21H36N6S3/c1-7-13-16(10-25-19(28)22-4)14(8-2)18(12-27-21(30)24-6)15(9-3)17(13)11-26-20(29)23-5/h7-12H2,1-6H3,(H2,22,25,28)(H2,23,26,29)(H2,24,27,30). The molecule has 0 spiro atoms. The van der Waals surface area contributed by atoms with E-state index in [2.05, 4.69) is 52.7 Å². The molecule has 1 rings (SSSR count). The largest absolute Gasteiger partial charge is 0.366 e. The van der Waals surface area contributed by atoms with E-state index in [4.69, 9.17) is 36.7 Å². The van der Waals surface area contributed by atoms with E-state index in [0.29, 0.717) is 35.0 Å². The van der Waals surface area contributed by atoms with Gasteiger partial charge in [0.2, 0.25) is 0 Å². The van der Waals surface area contributed by atoms with Crippen LogP contribution < -0.4 is 31.9 Å². The van der Waals surface area contributed by atoms with Gasteiger partial charge in [0.05, 0.1) is 0 Å². The number of hydrogen-bond donors (Lipinski definition) is 6. The van der Waals surface area contributed by atoms with E-state index in [1.165, 1.54) is 33.4 Å². The zero-order valence-corrected chi connectivity index (χ0v) is 21.4. The van der Waals surface area contributed by atoms with Crippen LogP contribution in [0.15, 0.2) is 0 Å². The molecule has 6 N–H and O–H groups in total. The molecule has 0 aliphatic heterocycles. The molecule has 6 nitrogen and oxygen atoms in total. The summed E-state index contributed by atoms with van der Waals surface area (Å²) >= 11 is 16.0. The predicted molar refractivity (Wildman–Crippen MR) is 140 cm³/mol. The summed E-state index contributed by atoms with van der Waals surface area (Å²) in [6.45, 7) is 8.68. The van der Waals surface area contributed by atoms with Crippen molar-refractivity contribution in [1.29, 1.82) is 0 Å². The zero-order valence-electron chi connectivity index (χ0n) is 19.0. The fraction of sp³-hybridized carbons (Fsp3) is 0.571. The van der Waals surface area contributed by atoms with Gasteiger partial charge in [0, 0.05) is 40.8 Å². The smallest absolute Gasteiger partial charge is 0.166 e. The molecule has 0 aromatic heterocycles. The molecule has 0 atom stereocenters. The van der Waals surface area contributed by atoms with Crippen LogP contribution >= 0.6 is 36.7 Å². The quantitative estimate of drug-likeness (QED) is 0.306. The van der Waals surface area contributed by atoms with Crippen LogP contribution in [0.2, 0.25) is 0 Å². The number of hydrogen-bond acceptors (Lipinski definition) is 3. The van der Waals surface area contributed by atoms with Crippen molar-refractivity contribution in [3.8, 4) is 0 Å².